The largest absolute Gasteiger partial charge is 0.341 e. The maximum atomic E-state index is 12.3. The van der Waals surface area contributed by atoms with Gasteiger partial charge in [0.2, 0.25) is 15.9 Å². The molecular weight excluding hydrogens is 306 g/mol. The molecule has 0 radical (unpaired) electrons. The Morgan fingerprint density at radius 1 is 1.41 bits per heavy atom. The van der Waals surface area contributed by atoms with Crippen LogP contribution in [-0.4, -0.2) is 49.7 Å². The van der Waals surface area contributed by atoms with Gasteiger partial charge in [-0.3, -0.25) is 9.59 Å². The number of carbonyl (C=O) groups is 1. The number of amides is 1. The molecule has 22 heavy (non-hydrogen) atoms. The van der Waals surface area contributed by atoms with Crippen LogP contribution in [0.15, 0.2) is 29.2 Å². The third-order valence-corrected chi connectivity index (χ3v) is 4.40. The monoisotopic (exact) mass is 327 g/mol. The number of rotatable bonds is 5. The van der Waals surface area contributed by atoms with Crippen molar-refractivity contribution in [1.82, 2.24) is 14.2 Å². The molecule has 1 aromatic heterocycles. The second-order valence-corrected chi connectivity index (χ2v) is 7.47. The van der Waals surface area contributed by atoms with E-state index >= 15 is 0 Å². The summed E-state index contributed by atoms with van der Waals surface area (Å²) in [6, 6.07) is 4.77. The molecule has 0 aliphatic carbocycles. The third-order valence-electron chi connectivity index (χ3n) is 3.71. The predicted molar refractivity (Wildman–Crippen MR) is 82.9 cm³/mol. The predicted octanol–water partition coefficient (Wildman–Crippen LogP) is -0.364. The van der Waals surface area contributed by atoms with E-state index in [0.29, 0.717) is 19.6 Å². The van der Waals surface area contributed by atoms with Crippen LogP contribution in [0, 0.1) is 5.92 Å². The van der Waals surface area contributed by atoms with E-state index in [1.165, 1.54) is 10.6 Å². The highest BCUT2D eigenvalue weighted by Crippen LogP contribution is 2.16. The fourth-order valence-corrected chi connectivity index (χ4v) is 3.10. The summed E-state index contributed by atoms with van der Waals surface area (Å²) in [7, 11) is -3.21. The second-order valence-electron chi connectivity index (χ2n) is 5.64. The van der Waals surface area contributed by atoms with Crippen LogP contribution in [0.2, 0.25) is 0 Å². The SMILES string of the molecule is CS(=O)(=O)NC[C@H]1CCCN(C(=O)Cn2ccccc2=O)C1. The summed E-state index contributed by atoms with van der Waals surface area (Å²) >= 11 is 0. The van der Waals surface area contributed by atoms with Gasteiger partial charge in [0.1, 0.15) is 6.54 Å². The fourth-order valence-electron chi connectivity index (χ4n) is 2.56. The Bertz CT molecular complexity index is 683. The molecule has 1 aliphatic heterocycles. The van der Waals surface area contributed by atoms with Crippen LogP contribution in [0.1, 0.15) is 12.8 Å². The van der Waals surface area contributed by atoms with Crippen molar-refractivity contribution in [3.63, 3.8) is 0 Å². The van der Waals surface area contributed by atoms with Crippen molar-refractivity contribution in [3.8, 4) is 0 Å². The zero-order valence-corrected chi connectivity index (χ0v) is 13.4. The van der Waals surface area contributed by atoms with Gasteiger partial charge in [0.15, 0.2) is 0 Å². The van der Waals surface area contributed by atoms with E-state index in [1.54, 1.807) is 23.2 Å². The number of sulfonamides is 1. The molecule has 0 aromatic carbocycles. The molecule has 2 heterocycles. The zero-order chi connectivity index (χ0) is 16.2. The highest BCUT2D eigenvalue weighted by Gasteiger charge is 2.24. The van der Waals surface area contributed by atoms with Crippen molar-refractivity contribution in [2.24, 2.45) is 5.92 Å². The summed E-state index contributed by atoms with van der Waals surface area (Å²) in [5.74, 6) is -0.00252. The van der Waals surface area contributed by atoms with Crippen molar-refractivity contribution < 1.29 is 13.2 Å². The minimum absolute atomic E-state index is 0.0197. The average molecular weight is 327 g/mol. The van der Waals surface area contributed by atoms with Gasteiger partial charge in [-0.2, -0.15) is 0 Å². The van der Waals surface area contributed by atoms with Gasteiger partial charge in [-0.05, 0) is 24.8 Å². The lowest BCUT2D eigenvalue weighted by molar-refractivity contribution is -0.133. The van der Waals surface area contributed by atoms with Crippen LogP contribution in [-0.2, 0) is 21.4 Å². The quantitative estimate of drug-likeness (QED) is 0.800. The van der Waals surface area contributed by atoms with Crippen molar-refractivity contribution in [2.75, 3.05) is 25.9 Å². The van der Waals surface area contributed by atoms with Crippen molar-refractivity contribution >= 4 is 15.9 Å². The maximum Gasteiger partial charge on any atom is 0.250 e. The highest BCUT2D eigenvalue weighted by molar-refractivity contribution is 7.88. The first-order valence-corrected chi connectivity index (χ1v) is 9.12. The zero-order valence-electron chi connectivity index (χ0n) is 12.6. The van der Waals surface area contributed by atoms with Crippen molar-refractivity contribution in [1.29, 1.82) is 0 Å². The van der Waals surface area contributed by atoms with Crippen LogP contribution >= 0.6 is 0 Å². The van der Waals surface area contributed by atoms with Crippen LogP contribution in [0.4, 0.5) is 0 Å². The molecule has 7 nitrogen and oxygen atoms in total. The van der Waals surface area contributed by atoms with E-state index in [0.717, 1.165) is 19.1 Å². The Labute approximate surface area is 130 Å². The van der Waals surface area contributed by atoms with E-state index < -0.39 is 10.0 Å². The molecule has 1 N–H and O–H groups in total. The molecule has 1 aromatic rings. The molecule has 0 spiro atoms. The smallest absolute Gasteiger partial charge is 0.250 e. The van der Waals surface area contributed by atoms with E-state index in [2.05, 4.69) is 4.72 Å². The van der Waals surface area contributed by atoms with Gasteiger partial charge in [0.25, 0.3) is 5.56 Å². The number of nitrogens with zero attached hydrogens (tertiary/aromatic N) is 2. The number of hydrogen-bond donors (Lipinski definition) is 1. The summed E-state index contributed by atoms with van der Waals surface area (Å²) in [5, 5.41) is 0. The number of pyridine rings is 1. The number of hydrogen-bond acceptors (Lipinski definition) is 4. The van der Waals surface area contributed by atoms with Crippen LogP contribution in [0.3, 0.4) is 0 Å². The molecular formula is C14H21N3O4S. The summed E-state index contributed by atoms with van der Waals surface area (Å²) < 4.78 is 26.1. The molecule has 1 saturated heterocycles. The molecule has 1 atom stereocenters. The van der Waals surface area contributed by atoms with Crippen LogP contribution in [0.5, 0.6) is 0 Å². The molecule has 0 saturated carbocycles. The van der Waals surface area contributed by atoms with Gasteiger partial charge in [0.05, 0.1) is 6.26 Å². The van der Waals surface area contributed by atoms with Crippen molar-refractivity contribution in [2.45, 2.75) is 19.4 Å². The van der Waals surface area contributed by atoms with Crippen molar-refractivity contribution in [3.05, 3.63) is 34.7 Å². The molecule has 1 aliphatic rings. The first-order chi connectivity index (χ1) is 10.3. The standard InChI is InChI=1S/C14H21N3O4S/c1-22(20,21)15-9-12-5-4-8-16(10-12)14(19)11-17-7-3-2-6-13(17)18/h2-3,6-7,12,15H,4-5,8-11H2,1H3/t12-/m1/s1. The van der Waals surface area contributed by atoms with Gasteiger partial charge in [-0.25, -0.2) is 13.1 Å². The minimum atomic E-state index is -3.21. The van der Waals surface area contributed by atoms with Gasteiger partial charge in [0, 0.05) is 31.9 Å². The molecule has 8 heteroatoms. The highest BCUT2D eigenvalue weighted by atomic mass is 32.2. The normalized spacial score (nSPS) is 19.1. The molecule has 0 bridgehead atoms. The topological polar surface area (TPSA) is 88.5 Å². The number of carbonyl (C=O) groups excluding carboxylic acids is 1. The summed E-state index contributed by atoms with van der Waals surface area (Å²) in [4.78, 5) is 25.6. The Kier molecular flexibility index (Phi) is 5.36. The van der Waals surface area contributed by atoms with E-state index in [1.807, 2.05) is 0 Å². The first kappa shape index (κ1) is 16.7. The minimum Gasteiger partial charge on any atom is -0.341 e. The number of piperidine rings is 1. The molecule has 1 fully saturated rings. The van der Waals surface area contributed by atoms with Gasteiger partial charge >= 0.3 is 0 Å². The lowest BCUT2D eigenvalue weighted by Gasteiger charge is -2.33. The number of nitrogens with one attached hydrogen (secondary N) is 1. The van der Waals surface area contributed by atoms with Gasteiger partial charge in [-0.15, -0.1) is 0 Å². The molecule has 0 unspecified atom stereocenters. The summed E-state index contributed by atoms with van der Waals surface area (Å²) in [5.41, 5.74) is -0.205. The number of likely N-dealkylation sites (tertiary alicyclic amines) is 1. The fraction of sp³-hybridized carbons (Fsp3) is 0.571. The van der Waals surface area contributed by atoms with E-state index in [4.69, 9.17) is 0 Å². The third kappa shape index (κ3) is 4.96. The summed E-state index contributed by atoms with van der Waals surface area (Å²) in [6.45, 7) is 1.53. The molecule has 2 rings (SSSR count). The van der Waals surface area contributed by atoms with Gasteiger partial charge < -0.3 is 9.47 Å². The average Bonchev–Trinajstić information content (AvgIpc) is 2.47. The van der Waals surface area contributed by atoms with Gasteiger partial charge in [-0.1, -0.05) is 6.07 Å². The first-order valence-electron chi connectivity index (χ1n) is 7.23. The molecule has 122 valence electrons. The second kappa shape index (κ2) is 7.06. The van der Waals surface area contributed by atoms with E-state index in [9.17, 15) is 18.0 Å². The molecule has 1 amide bonds. The maximum absolute atomic E-state index is 12.3. The Morgan fingerprint density at radius 2 is 2.18 bits per heavy atom. The Balaban J connectivity index is 1.93. The lowest BCUT2D eigenvalue weighted by Crippen LogP contribution is -2.45. The summed E-state index contributed by atoms with van der Waals surface area (Å²) in [6.07, 6.45) is 4.44. The van der Waals surface area contributed by atoms with E-state index in [-0.39, 0.29) is 23.9 Å². The lowest BCUT2D eigenvalue weighted by atomic mass is 9.98. The van der Waals surface area contributed by atoms with Crippen LogP contribution in [0.25, 0.3) is 0 Å². The Morgan fingerprint density at radius 3 is 2.86 bits per heavy atom. The van der Waals surface area contributed by atoms with Crippen LogP contribution < -0.4 is 10.3 Å². The number of aromatic nitrogens is 1. The Hall–Kier alpha value is -1.67.